The number of nitrogens with zero attached hydrogens (tertiary/aromatic N) is 5. The van der Waals surface area contributed by atoms with E-state index < -0.39 is 10.0 Å². The van der Waals surface area contributed by atoms with Crippen LogP contribution in [-0.4, -0.2) is 46.6 Å². The number of anilines is 3. The van der Waals surface area contributed by atoms with Gasteiger partial charge < -0.3 is 11.1 Å². The smallest absolute Gasteiger partial charge is 0.244 e. The maximum Gasteiger partial charge on any atom is 0.244 e. The maximum absolute atomic E-state index is 12.2. The van der Waals surface area contributed by atoms with Gasteiger partial charge in [-0.25, -0.2) is 27.4 Å². The first-order valence-corrected chi connectivity index (χ1v) is 10.6. The molecule has 1 aromatic carbocycles. The summed E-state index contributed by atoms with van der Waals surface area (Å²) in [6.07, 6.45) is 4.72. The molecule has 3 heterocycles. The molecule has 30 heavy (non-hydrogen) atoms. The van der Waals surface area contributed by atoms with Crippen LogP contribution in [0.3, 0.4) is 0 Å². The first-order chi connectivity index (χ1) is 14.3. The second-order valence-corrected chi connectivity index (χ2v) is 9.23. The predicted molar refractivity (Wildman–Crippen MR) is 117 cm³/mol. The number of pyridine rings is 2. The number of aromatic nitrogens is 4. The fourth-order valence-corrected chi connectivity index (χ4v) is 3.94. The minimum Gasteiger partial charge on any atom is -0.399 e. The van der Waals surface area contributed by atoms with E-state index in [-0.39, 0.29) is 4.90 Å². The number of nitrogen functional groups attached to an aromatic ring is 1. The monoisotopic (exact) mass is 443 g/mol. The molecule has 0 aliphatic heterocycles. The average molecular weight is 444 g/mol. The van der Waals surface area contributed by atoms with Gasteiger partial charge in [-0.3, -0.25) is 0 Å². The standard InChI is InChI=1S/C19H18ClN7O2S/c1-26(2)30(28,29)13-4-6-18(23-10-13)24-19-14-11-27(25-16(14)7-8-22-19)17-5-3-12(21)9-15(17)20/h3-11H,21H2,1-2H3,(H,22,23,24). The van der Waals surface area contributed by atoms with E-state index in [1.54, 1.807) is 47.4 Å². The van der Waals surface area contributed by atoms with Gasteiger partial charge in [-0.05, 0) is 36.4 Å². The quantitative estimate of drug-likeness (QED) is 0.455. The molecule has 11 heteroatoms. The SMILES string of the molecule is CN(C)S(=O)(=O)c1ccc(Nc2nccc3nn(-c4ccc(N)cc4Cl)cc23)nc1. The minimum atomic E-state index is -3.54. The first kappa shape index (κ1) is 20.1. The molecule has 0 radical (unpaired) electrons. The van der Waals surface area contributed by atoms with Crippen molar-refractivity contribution in [2.45, 2.75) is 4.90 Å². The molecule has 3 aromatic heterocycles. The van der Waals surface area contributed by atoms with Crippen LogP contribution in [-0.2, 0) is 10.0 Å². The summed E-state index contributed by atoms with van der Waals surface area (Å²) >= 11 is 6.30. The Balaban J connectivity index is 1.68. The molecule has 3 N–H and O–H groups in total. The van der Waals surface area contributed by atoms with Crippen LogP contribution >= 0.6 is 11.6 Å². The minimum absolute atomic E-state index is 0.107. The predicted octanol–water partition coefficient (Wildman–Crippen LogP) is 3.05. The molecule has 0 unspecified atom stereocenters. The van der Waals surface area contributed by atoms with Crippen LogP contribution in [0.2, 0.25) is 5.02 Å². The van der Waals surface area contributed by atoms with E-state index in [9.17, 15) is 8.42 Å². The molecule has 9 nitrogen and oxygen atoms in total. The summed E-state index contributed by atoms with van der Waals surface area (Å²) < 4.78 is 27.2. The van der Waals surface area contributed by atoms with Gasteiger partial charge in [0.15, 0.2) is 0 Å². The Bertz CT molecular complexity index is 1340. The summed E-state index contributed by atoms with van der Waals surface area (Å²) in [7, 11) is -0.604. The lowest BCUT2D eigenvalue weighted by Gasteiger charge is -2.11. The van der Waals surface area contributed by atoms with E-state index in [1.165, 1.54) is 26.4 Å². The van der Waals surface area contributed by atoms with Crippen molar-refractivity contribution in [3.8, 4) is 5.69 Å². The molecule has 0 spiro atoms. The summed E-state index contributed by atoms with van der Waals surface area (Å²) in [6.45, 7) is 0. The number of rotatable bonds is 5. The molecule has 0 saturated carbocycles. The van der Waals surface area contributed by atoms with Crippen LogP contribution in [0.4, 0.5) is 17.3 Å². The Morgan fingerprint density at radius 3 is 2.60 bits per heavy atom. The van der Waals surface area contributed by atoms with Gasteiger partial charge >= 0.3 is 0 Å². The fraction of sp³-hybridized carbons (Fsp3) is 0.105. The number of hydrogen-bond acceptors (Lipinski definition) is 7. The molecule has 154 valence electrons. The Morgan fingerprint density at radius 2 is 1.93 bits per heavy atom. The average Bonchev–Trinajstić information content (AvgIpc) is 3.13. The molecular formula is C19H18ClN7O2S. The molecule has 4 aromatic rings. The van der Waals surface area contributed by atoms with Gasteiger partial charge in [0, 0.05) is 38.4 Å². The van der Waals surface area contributed by atoms with E-state index in [1.807, 2.05) is 0 Å². The lowest BCUT2D eigenvalue weighted by atomic mass is 10.3. The lowest BCUT2D eigenvalue weighted by molar-refractivity contribution is 0.520. The van der Waals surface area contributed by atoms with Gasteiger partial charge in [-0.15, -0.1) is 0 Å². The third-order valence-corrected chi connectivity index (χ3v) is 6.52. The highest BCUT2D eigenvalue weighted by Gasteiger charge is 2.17. The molecule has 0 saturated heterocycles. The van der Waals surface area contributed by atoms with E-state index in [0.717, 1.165) is 9.69 Å². The van der Waals surface area contributed by atoms with Gasteiger partial charge in [0.2, 0.25) is 10.0 Å². The van der Waals surface area contributed by atoms with Crippen molar-refractivity contribution in [3.05, 3.63) is 60.0 Å². The number of sulfonamides is 1. The largest absolute Gasteiger partial charge is 0.399 e. The van der Waals surface area contributed by atoms with E-state index in [0.29, 0.717) is 33.5 Å². The maximum atomic E-state index is 12.2. The van der Waals surface area contributed by atoms with Gasteiger partial charge in [0.05, 0.1) is 21.6 Å². The highest BCUT2D eigenvalue weighted by Crippen LogP contribution is 2.28. The van der Waals surface area contributed by atoms with Gasteiger partial charge in [-0.1, -0.05) is 11.6 Å². The Labute approximate surface area is 178 Å². The molecule has 4 rings (SSSR count). The van der Waals surface area contributed by atoms with Crippen LogP contribution < -0.4 is 11.1 Å². The highest BCUT2D eigenvalue weighted by atomic mass is 35.5. The van der Waals surface area contributed by atoms with Gasteiger partial charge in [0.1, 0.15) is 16.5 Å². The van der Waals surface area contributed by atoms with E-state index in [2.05, 4.69) is 20.4 Å². The number of fused-ring (bicyclic) bond motifs is 1. The zero-order valence-corrected chi connectivity index (χ0v) is 17.7. The zero-order valence-electron chi connectivity index (χ0n) is 16.1. The van der Waals surface area contributed by atoms with Gasteiger partial charge in [-0.2, -0.15) is 5.10 Å². The molecule has 0 amide bonds. The number of halogens is 1. The number of nitrogens with one attached hydrogen (secondary N) is 1. The molecular weight excluding hydrogens is 426 g/mol. The van der Waals surface area contributed by atoms with Crippen molar-refractivity contribution >= 4 is 49.9 Å². The summed E-state index contributed by atoms with van der Waals surface area (Å²) in [5.41, 5.74) is 7.71. The van der Waals surface area contributed by atoms with Crippen LogP contribution in [0.1, 0.15) is 0 Å². The molecule has 0 aliphatic carbocycles. The van der Waals surface area contributed by atoms with Crippen molar-refractivity contribution in [1.29, 1.82) is 0 Å². The van der Waals surface area contributed by atoms with Crippen molar-refractivity contribution in [2.24, 2.45) is 0 Å². The summed E-state index contributed by atoms with van der Waals surface area (Å²) in [5.74, 6) is 0.979. The van der Waals surface area contributed by atoms with Crippen LogP contribution in [0, 0.1) is 0 Å². The third-order valence-electron chi connectivity index (χ3n) is 4.41. The molecule has 0 aliphatic rings. The normalized spacial score (nSPS) is 11.9. The van der Waals surface area contributed by atoms with Crippen LogP contribution in [0.5, 0.6) is 0 Å². The topological polar surface area (TPSA) is 119 Å². The van der Waals surface area contributed by atoms with Crippen LogP contribution in [0.25, 0.3) is 16.6 Å². The second kappa shape index (κ2) is 7.56. The summed E-state index contributed by atoms with van der Waals surface area (Å²) in [4.78, 5) is 8.67. The van der Waals surface area contributed by atoms with E-state index in [4.69, 9.17) is 17.3 Å². The molecule has 0 atom stereocenters. The molecule has 0 bridgehead atoms. The first-order valence-electron chi connectivity index (χ1n) is 8.81. The van der Waals surface area contributed by atoms with Gasteiger partial charge in [0.25, 0.3) is 0 Å². The summed E-state index contributed by atoms with van der Waals surface area (Å²) in [6, 6.07) is 10.0. The van der Waals surface area contributed by atoms with Crippen molar-refractivity contribution in [3.63, 3.8) is 0 Å². The molecule has 0 fully saturated rings. The second-order valence-electron chi connectivity index (χ2n) is 6.67. The number of hydrogen-bond donors (Lipinski definition) is 2. The van der Waals surface area contributed by atoms with Crippen molar-refractivity contribution in [1.82, 2.24) is 24.1 Å². The third kappa shape index (κ3) is 3.67. The number of benzene rings is 1. The van der Waals surface area contributed by atoms with Crippen molar-refractivity contribution in [2.75, 3.05) is 25.1 Å². The zero-order chi connectivity index (χ0) is 21.5. The van der Waals surface area contributed by atoms with Crippen molar-refractivity contribution < 1.29 is 8.42 Å². The van der Waals surface area contributed by atoms with E-state index >= 15 is 0 Å². The fourth-order valence-electron chi connectivity index (χ4n) is 2.82. The Morgan fingerprint density at radius 1 is 1.13 bits per heavy atom. The number of nitrogens with two attached hydrogens (primary N) is 1. The Hall–Kier alpha value is -3.21. The summed E-state index contributed by atoms with van der Waals surface area (Å²) in [5, 5.41) is 8.88. The van der Waals surface area contributed by atoms with Crippen LogP contribution in [0.15, 0.2) is 59.9 Å². The Kier molecular flexibility index (Phi) is 5.06. The highest BCUT2D eigenvalue weighted by molar-refractivity contribution is 7.89. The lowest BCUT2D eigenvalue weighted by Crippen LogP contribution is -2.22.